The molecule has 0 aliphatic heterocycles. The van der Waals surface area contributed by atoms with E-state index in [1.165, 1.54) is 0 Å². The third-order valence-corrected chi connectivity index (χ3v) is 3.10. The highest BCUT2D eigenvalue weighted by atomic mass is 16.5. The lowest BCUT2D eigenvalue weighted by Crippen LogP contribution is -2.27. The van der Waals surface area contributed by atoms with Crippen LogP contribution in [0.1, 0.15) is 27.2 Å². The fourth-order valence-corrected chi connectivity index (χ4v) is 1.53. The van der Waals surface area contributed by atoms with E-state index >= 15 is 0 Å². The van der Waals surface area contributed by atoms with Crippen molar-refractivity contribution in [3.05, 3.63) is 24.5 Å². The van der Waals surface area contributed by atoms with Gasteiger partial charge in [-0.25, -0.2) is 0 Å². The molecule has 0 saturated heterocycles. The average Bonchev–Trinajstić information content (AvgIpc) is 2.24. The molecule has 0 N–H and O–H groups in total. The van der Waals surface area contributed by atoms with Gasteiger partial charge in [-0.2, -0.15) is 0 Å². The van der Waals surface area contributed by atoms with E-state index in [-0.39, 0.29) is 5.41 Å². The Hall–Kier alpha value is -0.720. The first-order chi connectivity index (χ1) is 5.52. The van der Waals surface area contributed by atoms with Gasteiger partial charge in [-0.15, -0.1) is 0 Å². The summed E-state index contributed by atoms with van der Waals surface area (Å²) in [6.07, 6.45) is 9.58. The minimum Gasteiger partial charge on any atom is -0.505 e. The summed E-state index contributed by atoms with van der Waals surface area (Å²) in [7, 11) is 1.69. The molecule has 0 amide bonds. The molecule has 1 unspecified atom stereocenters. The van der Waals surface area contributed by atoms with E-state index in [4.69, 9.17) is 4.74 Å². The standard InChI is InChI=1S/C11H18O/c1-10(2)6-5-7-11(10,3)8-9-12-4/h5,7-9H,6H2,1-4H3/b9-8-. The maximum atomic E-state index is 4.95. The molecule has 0 bridgehead atoms. The van der Waals surface area contributed by atoms with Gasteiger partial charge in [0.2, 0.25) is 0 Å². The van der Waals surface area contributed by atoms with Gasteiger partial charge < -0.3 is 4.74 Å². The molecule has 0 aromatic carbocycles. The number of hydrogen-bond acceptors (Lipinski definition) is 1. The lowest BCUT2D eigenvalue weighted by molar-refractivity contribution is 0.216. The van der Waals surface area contributed by atoms with Crippen molar-refractivity contribution in [2.24, 2.45) is 10.8 Å². The summed E-state index contributed by atoms with van der Waals surface area (Å²) in [5, 5.41) is 0. The van der Waals surface area contributed by atoms with E-state index < -0.39 is 0 Å². The van der Waals surface area contributed by atoms with E-state index in [0.29, 0.717) is 5.41 Å². The smallest absolute Gasteiger partial charge is 0.0793 e. The molecule has 0 spiro atoms. The Kier molecular flexibility index (Phi) is 2.31. The summed E-state index contributed by atoms with van der Waals surface area (Å²) >= 11 is 0. The van der Waals surface area contributed by atoms with Crippen LogP contribution in [0.4, 0.5) is 0 Å². The lowest BCUT2D eigenvalue weighted by Gasteiger charge is -2.35. The first kappa shape index (κ1) is 9.37. The molecule has 1 nitrogen and oxygen atoms in total. The van der Waals surface area contributed by atoms with Crippen LogP contribution in [0.15, 0.2) is 24.5 Å². The van der Waals surface area contributed by atoms with Gasteiger partial charge in [0, 0.05) is 5.41 Å². The molecular formula is C11H18O. The summed E-state index contributed by atoms with van der Waals surface area (Å²) in [6.45, 7) is 6.81. The molecule has 1 aliphatic rings. The van der Waals surface area contributed by atoms with Crippen molar-refractivity contribution in [2.45, 2.75) is 27.2 Å². The molecule has 0 fully saturated rings. The van der Waals surface area contributed by atoms with Crippen LogP contribution >= 0.6 is 0 Å². The normalized spacial score (nSPS) is 33.0. The van der Waals surface area contributed by atoms with Gasteiger partial charge in [0.25, 0.3) is 0 Å². The van der Waals surface area contributed by atoms with Crippen LogP contribution in [0.2, 0.25) is 0 Å². The van der Waals surface area contributed by atoms with Crippen LogP contribution in [0.25, 0.3) is 0 Å². The summed E-state index contributed by atoms with van der Waals surface area (Å²) in [4.78, 5) is 0. The Morgan fingerprint density at radius 1 is 1.33 bits per heavy atom. The third-order valence-electron chi connectivity index (χ3n) is 3.10. The first-order valence-corrected chi connectivity index (χ1v) is 4.40. The Morgan fingerprint density at radius 3 is 2.42 bits per heavy atom. The predicted molar refractivity (Wildman–Crippen MR) is 51.8 cm³/mol. The highest BCUT2D eigenvalue weighted by Crippen LogP contribution is 2.48. The lowest BCUT2D eigenvalue weighted by atomic mass is 9.69. The predicted octanol–water partition coefficient (Wildman–Crippen LogP) is 3.14. The van der Waals surface area contributed by atoms with E-state index in [9.17, 15) is 0 Å². The van der Waals surface area contributed by atoms with Gasteiger partial charge in [0.1, 0.15) is 0 Å². The monoisotopic (exact) mass is 166 g/mol. The van der Waals surface area contributed by atoms with Gasteiger partial charge in [-0.1, -0.05) is 32.9 Å². The van der Waals surface area contributed by atoms with E-state index in [1.54, 1.807) is 13.4 Å². The maximum Gasteiger partial charge on any atom is 0.0793 e. The van der Waals surface area contributed by atoms with E-state index in [1.807, 2.05) is 0 Å². The highest BCUT2D eigenvalue weighted by molar-refractivity contribution is 5.20. The van der Waals surface area contributed by atoms with Gasteiger partial charge in [0.15, 0.2) is 0 Å². The zero-order chi connectivity index (χ0) is 9.24. The molecule has 68 valence electrons. The van der Waals surface area contributed by atoms with Crippen LogP contribution in [0.3, 0.4) is 0 Å². The third kappa shape index (κ3) is 1.40. The molecule has 0 radical (unpaired) electrons. The molecule has 1 heteroatoms. The Bertz CT molecular complexity index is 213. The molecular weight excluding hydrogens is 148 g/mol. The summed E-state index contributed by atoms with van der Waals surface area (Å²) in [6, 6.07) is 0. The second-order valence-electron chi connectivity index (χ2n) is 4.31. The van der Waals surface area contributed by atoms with Crippen molar-refractivity contribution in [1.82, 2.24) is 0 Å². The quantitative estimate of drug-likeness (QED) is 0.452. The Labute approximate surface area is 75.1 Å². The minimum absolute atomic E-state index is 0.156. The number of methoxy groups -OCH3 is 1. The van der Waals surface area contributed by atoms with Gasteiger partial charge in [0.05, 0.1) is 13.4 Å². The zero-order valence-corrected chi connectivity index (χ0v) is 8.42. The molecule has 1 rings (SSSR count). The fraction of sp³-hybridized carbons (Fsp3) is 0.636. The maximum absolute atomic E-state index is 4.95. The second kappa shape index (κ2) is 2.96. The molecule has 0 heterocycles. The van der Waals surface area contributed by atoms with E-state index in [0.717, 1.165) is 6.42 Å². The molecule has 0 aromatic rings. The van der Waals surface area contributed by atoms with Crippen molar-refractivity contribution < 1.29 is 4.74 Å². The van der Waals surface area contributed by atoms with Crippen molar-refractivity contribution in [3.8, 4) is 0 Å². The number of ether oxygens (including phenoxy) is 1. The van der Waals surface area contributed by atoms with Crippen LogP contribution < -0.4 is 0 Å². The van der Waals surface area contributed by atoms with Gasteiger partial charge in [-0.3, -0.25) is 0 Å². The van der Waals surface area contributed by atoms with Crippen LogP contribution in [-0.4, -0.2) is 7.11 Å². The van der Waals surface area contributed by atoms with Crippen LogP contribution in [0, 0.1) is 10.8 Å². The van der Waals surface area contributed by atoms with E-state index in [2.05, 4.69) is 39.0 Å². The van der Waals surface area contributed by atoms with Crippen LogP contribution in [0.5, 0.6) is 0 Å². The molecule has 1 atom stereocenters. The van der Waals surface area contributed by atoms with Crippen molar-refractivity contribution in [1.29, 1.82) is 0 Å². The second-order valence-corrected chi connectivity index (χ2v) is 4.31. The number of rotatable bonds is 2. The zero-order valence-electron chi connectivity index (χ0n) is 8.42. The molecule has 0 aromatic heterocycles. The van der Waals surface area contributed by atoms with Gasteiger partial charge >= 0.3 is 0 Å². The van der Waals surface area contributed by atoms with Gasteiger partial charge in [-0.05, 0) is 17.9 Å². The number of allylic oxidation sites excluding steroid dienone is 3. The summed E-state index contributed by atoms with van der Waals surface area (Å²) in [5.41, 5.74) is 0.477. The molecule has 12 heavy (non-hydrogen) atoms. The Morgan fingerprint density at radius 2 is 2.00 bits per heavy atom. The largest absolute Gasteiger partial charge is 0.505 e. The van der Waals surface area contributed by atoms with Crippen molar-refractivity contribution in [3.63, 3.8) is 0 Å². The highest BCUT2D eigenvalue weighted by Gasteiger charge is 2.39. The SMILES string of the molecule is CO/C=C\C1(C)C=CCC1(C)C. The average molecular weight is 166 g/mol. The molecule has 0 saturated carbocycles. The number of hydrogen-bond donors (Lipinski definition) is 0. The first-order valence-electron chi connectivity index (χ1n) is 4.40. The van der Waals surface area contributed by atoms with Crippen molar-refractivity contribution >= 4 is 0 Å². The summed E-state index contributed by atoms with van der Waals surface area (Å²) < 4.78 is 4.95. The molecule has 1 aliphatic carbocycles. The minimum atomic E-state index is 0.156. The summed E-state index contributed by atoms with van der Waals surface area (Å²) in [5.74, 6) is 0. The Balaban J connectivity index is 2.82. The van der Waals surface area contributed by atoms with Crippen molar-refractivity contribution in [2.75, 3.05) is 7.11 Å². The topological polar surface area (TPSA) is 9.23 Å². The van der Waals surface area contributed by atoms with Crippen LogP contribution in [-0.2, 0) is 4.74 Å². The fourth-order valence-electron chi connectivity index (χ4n) is 1.53.